The molecule has 1 aromatic heterocycles. The van der Waals surface area contributed by atoms with Crippen molar-refractivity contribution in [3.63, 3.8) is 0 Å². The maximum Gasteiger partial charge on any atom is 0.451 e. The van der Waals surface area contributed by atoms with E-state index in [1.165, 1.54) is 6.07 Å². The molecule has 0 radical (unpaired) electrons. The van der Waals surface area contributed by atoms with Crippen LogP contribution in [0.1, 0.15) is 57.7 Å². The molecule has 0 aromatic carbocycles. The van der Waals surface area contributed by atoms with Crippen LogP contribution in [0.2, 0.25) is 0 Å². The van der Waals surface area contributed by atoms with E-state index in [2.05, 4.69) is 16.9 Å². The highest BCUT2D eigenvalue weighted by Crippen LogP contribution is 2.50. The molecule has 35 heavy (non-hydrogen) atoms. The predicted octanol–water partition coefficient (Wildman–Crippen LogP) is 3.92. The number of halogens is 3. The van der Waals surface area contributed by atoms with Crippen molar-refractivity contribution in [2.75, 3.05) is 38.3 Å². The highest BCUT2D eigenvalue weighted by atomic mass is 19.4. The molecule has 4 fully saturated rings. The van der Waals surface area contributed by atoms with Gasteiger partial charge in [0.2, 0.25) is 11.7 Å². The molecular formula is C25H35F3N4O3. The fourth-order valence-corrected chi connectivity index (χ4v) is 6.97. The number of alkyl halides is 3. The molecule has 1 aromatic rings. The number of aromatic nitrogens is 2. The van der Waals surface area contributed by atoms with E-state index in [4.69, 9.17) is 9.47 Å². The summed E-state index contributed by atoms with van der Waals surface area (Å²) in [5, 5.41) is 0. The van der Waals surface area contributed by atoms with Gasteiger partial charge in [-0.05, 0) is 62.8 Å². The summed E-state index contributed by atoms with van der Waals surface area (Å²) in [4.78, 5) is 24.9. The number of hydrogen-bond acceptors (Lipinski definition) is 6. The Hall–Kier alpha value is -1.94. The van der Waals surface area contributed by atoms with Crippen molar-refractivity contribution < 1.29 is 27.4 Å². The summed E-state index contributed by atoms with van der Waals surface area (Å²) in [5.74, 6) is 0.406. The molecule has 1 saturated carbocycles. The molecule has 4 aliphatic rings. The summed E-state index contributed by atoms with van der Waals surface area (Å²) < 4.78 is 50.5. The first-order valence-electron chi connectivity index (χ1n) is 12.8. The molecule has 6 atom stereocenters. The van der Waals surface area contributed by atoms with Crippen LogP contribution in [0.3, 0.4) is 0 Å². The second-order valence-electron chi connectivity index (χ2n) is 10.8. The van der Waals surface area contributed by atoms with Crippen molar-refractivity contribution in [1.29, 1.82) is 0 Å². The van der Waals surface area contributed by atoms with E-state index in [1.54, 1.807) is 7.11 Å². The molecule has 0 unspecified atom stereocenters. The first-order valence-corrected chi connectivity index (χ1v) is 12.8. The minimum Gasteiger partial charge on any atom is -0.379 e. The highest BCUT2D eigenvalue weighted by molar-refractivity contribution is 5.84. The first-order chi connectivity index (χ1) is 16.7. The van der Waals surface area contributed by atoms with Crippen LogP contribution in [0, 0.1) is 17.3 Å². The second-order valence-corrected chi connectivity index (χ2v) is 10.8. The predicted molar refractivity (Wildman–Crippen MR) is 123 cm³/mol. The molecule has 194 valence electrons. The number of piperazine rings is 1. The van der Waals surface area contributed by atoms with Crippen molar-refractivity contribution in [3.05, 3.63) is 18.1 Å². The Morgan fingerprint density at radius 1 is 1.29 bits per heavy atom. The van der Waals surface area contributed by atoms with Crippen LogP contribution >= 0.6 is 0 Å². The standard InChI is InChI=1S/C25H35F3N4O3/c1-3-24(7-4-16(12-24)10-17-6-9-35-15-20(17)34-2)23(33)32-14-18-11-19(32)13-31(18)21-5-8-29-22(30-21)25(26,27)28/h5,8,16-20H,3-4,6-7,9-15H2,1-2H3/t16-,17+,18+,19+,20+,24-/m0/s1. The lowest BCUT2D eigenvalue weighted by molar-refractivity contribution is -0.145. The normalized spacial score (nSPS) is 35.2. The van der Waals surface area contributed by atoms with E-state index in [1.807, 2.05) is 9.80 Å². The molecule has 0 spiro atoms. The zero-order valence-corrected chi connectivity index (χ0v) is 20.5. The van der Waals surface area contributed by atoms with Crippen molar-refractivity contribution in [3.8, 4) is 0 Å². The Bertz CT molecular complexity index is 931. The van der Waals surface area contributed by atoms with Crippen molar-refractivity contribution in [2.24, 2.45) is 17.3 Å². The Morgan fingerprint density at radius 2 is 2.11 bits per heavy atom. The van der Waals surface area contributed by atoms with Gasteiger partial charge in [0.25, 0.3) is 0 Å². The van der Waals surface area contributed by atoms with Gasteiger partial charge in [-0.3, -0.25) is 4.79 Å². The number of likely N-dealkylation sites (tertiary alicyclic amines) is 1. The SMILES string of the molecule is CC[C@]1(C(=O)N2C[C@H]3C[C@@H]2CN3c2ccnc(C(F)(F)F)n2)CC[C@@H](C[C@H]2CCOC[C@H]2OC)C1. The van der Waals surface area contributed by atoms with Gasteiger partial charge in [0.15, 0.2) is 0 Å². The van der Waals surface area contributed by atoms with E-state index in [0.29, 0.717) is 37.4 Å². The average molecular weight is 497 g/mol. The minimum absolute atomic E-state index is 0.00394. The number of carbonyl (C=O) groups is 1. The van der Waals surface area contributed by atoms with E-state index in [0.717, 1.165) is 57.7 Å². The van der Waals surface area contributed by atoms with Gasteiger partial charge < -0.3 is 19.3 Å². The number of ether oxygens (including phenoxy) is 2. The molecule has 10 heteroatoms. The number of anilines is 1. The van der Waals surface area contributed by atoms with Crippen LogP contribution < -0.4 is 4.90 Å². The number of hydrogen-bond donors (Lipinski definition) is 0. The largest absolute Gasteiger partial charge is 0.451 e. The summed E-state index contributed by atoms with van der Waals surface area (Å²) in [6, 6.07) is 1.55. The van der Waals surface area contributed by atoms with Crippen LogP contribution in [-0.4, -0.2) is 72.4 Å². The van der Waals surface area contributed by atoms with Gasteiger partial charge in [-0.15, -0.1) is 0 Å². The third kappa shape index (κ3) is 4.63. The summed E-state index contributed by atoms with van der Waals surface area (Å²) >= 11 is 0. The number of fused-ring (bicyclic) bond motifs is 2. The van der Waals surface area contributed by atoms with Crippen LogP contribution in [0.4, 0.5) is 19.0 Å². The average Bonchev–Trinajstić information content (AvgIpc) is 3.58. The van der Waals surface area contributed by atoms with Gasteiger partial charge in [-0.25, -0.2) is 9.97 Å². The molecule has 3 saturated heterocycles. The fraction of sp³-hybridized carbons (Fsp3) is 0.800. The van der Waals surface area contributed by atoms with Gasteiger partial charge in [-0.2, -0.15) is 13.2 Å². The minimum atomic E-state index is -4.57. The molecule has 2 bridgehead atoms. The maximum atomic E-state index is 13.9. The van der Waals surface area contributed by atoms with Crippen LogP contribution in [0.15, 0.2) is 12.3 Å². The Kier molecular flexibility index (Phi) is 6.72. The van der Waals surface area contributed by atoms with Crippen molar-refractivity contribution in [1.82, 2.24) is 14.9 Å². The lowest BCUT2D eigenvalue weighted by atomic mass is 9.79. The van der Waals surface area contributed by atoms with E-state index < -0.39 is 12.0 Å². The molecule has 7 nitrogen and oxygen atoms in total. The summed E-state index contributed by atoms with van der Waals surface area (Å²) in [5.41, 5.74) is -0.327. The summed E-state index contributed by atoms with van der Waals surface area (Å²) in [6.07, 6.45) is 3.29. The Balaban J connectivity index is 1.23. The summed E-state index contributed by atoms with van der Waals surface area (Å²) in [6.45, 7) is 4.61. The zero-order valence-electron chi connectivity index (χ0n) is 20.5. The van der Waals surface area contributed by atoms with Gasteiger partial charge in [0.1, 0.15) is 5.82 Å². The van der Waals surface area contributed by atoms with Crippen LogP contribution in [0.5, 0.6) is 0 Å². The molecule has 1 aliphatic carbocycles. The topological polar surface area (TPSA) is 67.8 Å². The van der Waals surface area contributed by atoms with Gasteiger partial charge in [0, 0.05) is 38.4 Å². The number of methoxy groups -OCH3 is 1. The number of amides is 1. The lowest BCUT2D eigenvalue weighted by Crippen LogP contribution is -2.53. The molecular weight excluding hydrogens is 461 g/mol. The van der Waals surface area contributed by atoms with E-state index in [9.17, 15) is 18.0 Å². The number of nitrogens with zero attached hydrogens (tertiary/aromatic N) is 4. The quantitative estimate of drug-likeness (QED) is 0.595. The van der Waals surface area contributed by atoms with E-state index in [-0.39, 0.29) is 29.5 Å². The third-order valence-corrected chi connectivity index (χ3v) is 8.91. The van der Waals surface area contributed by atoms with Crippen molar-refractivity contribution in [2.45, 2.75) is 76.2 Å². The smallest absolute Gasteiger partial charge is 0.379 e. The van der Waals surface area contributed by atoms with Gasteiger partial charge in [-0.1, -0.05) is 6.92 Å². The highest BCUT2D eigenvalue weighted by Gasteiger charge is 2.53. The zero-order chi connectivity index (χ0) is 24.8. The maximum absolute atomic E-state index is 13.9. The summed E-state index contributed by atoms with van der Waals surface area (Å²) in [7, 11) is 1.75. The number of rotatable bonds is 6. The van der Waals surface area contributed by atoms with Crippen LogP contribution in [0.25, 0.3) is 0 Å². The monoisotopic (exact) mass is 496 g/mol. The number of carbonyl (C=O) groups excluding carboxylic acids is 1. The van der Waals surface area contributed by atoms with Gasteiger partial charge in [0.05, 0.1) is 24.8 Å². The molecule has 5 rings (SSSR count). The Labute approximate surface area is 204 Å². The molecule has 4 heterocycles. The third-order valence-electron chi connectivity index (χ3n) is 8.91. The van der Waals surface area contributed by atoms with Crippen LogP contribution in [-0.2, 0) is 20.4 Å². The fourth-order valence-electron chi connectivity index (χ4n) is 6.97. The first kappa shape index (κ1) is 24.7. The second kappa shape index (κ2) is 9.50. The van der Waals surface area contributed by atoms with Crippen molar-refractivity contribution >= 4 is 11.7 Å². The molecule has 3 aliphatic heterocycles. The van der Waals surface area contributed by atoms with E-state index >= 15 is 0 Å². The lowest BCUT2D eigenvalue weighted by Gasteiger charge is -2.40. The Morgan fingerprint density at radius 3 is 2.80 bits per heavy atom. The molecule has 1 amide bonds. The van der Waals surface area contributed by atoms with Gasteiger partial charge >= 0.3 is 6.18 Å². The molecule has 0 N–H and O–H groups in total.